The van der Waals surface area contributed by atoms with Crippen molar-refractivity contribution >= 4 is 12.1 Å². The Morgan fingerprint density at radius 3 is 2.48 bits per heavy atom. The molecule has 25 heavy (non-hydrogen) atoms. The van der Waals surface area contributed by atoms with Crippen molar-refractivity contribution in [1.82, 2.24) is 25.0 Å². The van der Waals surface area contributed by atoms with E-state index in [-0.39, 0.29) is 18.5 Å². The van der Waals surface area contributed by atoms with E-state index in [0.717, 1.165) is 13.1 Å². The lowest BCUT2D eigenvalue weighted by molar-refractivity contribution is -0.142. The highest BCUT2D eigenvalue weighted by molar-refractivity contribution is 5.71. The highest BCUT2D eigenvalue weighted by Crippen LogP contribution is 2.12. The van der Waals surface area contributed by atoms with Crippen LogP contribution in [0.15, 0.2) is 0 Å². The van der Waals surface area contributed by atoms with Crippen molar-refractivity contribution in [3.8, 4) is 0 Å². The molecule has 2 heterocycles. The monoisotopic (exact) mass is 353 g/mol. The Kier molecular flexibility index (Phi) is 6.35. The third-order valence-corrected chi connectivity index (χ3v) is 3.58. The second-order valence-electron chi connectivity index (χ2n) is 6.92. The zero-order valence-electron chi connectivity index (χ0n) is 15.4. The molecule has 0 atom stereocenters. The molecule has 1 aromatic heterocycles. The standard InChI is InChI=1S/C16H27N5O4/c1-5-24-14(22)10-12-17-13(19-18-12)11-20-6-8-21(9-7-20)15(23)25-16(2,3)4/h5-11H2,1-4H3,(H,17,18,19). The van der Waals surface area contributed by atoms with Gasteiger partial charge in [-0.3, -0.25) is 14.8 Å². The van der Waals surface area contributed by atoms with Gasteiger partial charge in [0.2, 0.25) is 0 Å². The lowest BCUT2D eigenvalue weighted by Crippen LogP contribution is -2.49. The van der Waals surface area contributed by atoms with Crippen LogP contribution < -0.4 is 0 Å². The fourth-order valence-electron chi connectivity index (χ4n) is 2.45. The molecule has 1 aromatic rings. The minimum atomic E-state index is -0.484. The van der Waals surface area contributed by atoms with Gasteiger partial charge in [0.25, 0.3) is 0 Å². The number of hydrogen-bond donors (Lipinski definition) is 1. The zero-order chi connectivity index (χ0) is 18.4. The van der Waals surface area contributed by atoms with E-state index in [1.54, 1.807) is 11.8 Å². The number of aromatic amines is 1. The summed E-state index contributed by atoms with van der Waals surface area (Å²) in [5.41, 5.74) is -0.484. The highest BCUT2D eigenvalue weighted by Gasteiger charge is 2.26. The van der Waals surface area contributed by atoms with Gasteiger partial charge in [-0.2, -0.15) is 5.10 Å². The quantitative estimate of drug-likeness (QED) is 0.787. The summed E-state index contributed by atoms with van der Waals surface area (Å²) < 4.78 is 10.3. The van der Waals surface area contributed by atoms with Crippen LogP contribution in [-0.4, -0.2) is 75.4 Å². The second-order valence-corrected chi connectivity index (χ2v) is 6.92. The van der Waals surface area contributed by atoms with E-state index in [4.69, 9.17) is 9.47 Å². The molecule has 9 nitrogen and oxygen atoms in total. The van der Waals surface area contributed by atoms with Crippen LogP contribution in [0.3, 0.4) is 0 Å². The fraction of sp³-hybridized carbons (Fsp3) is 0.750. The van der Waals surface area contributed by atoms with E-state index in [2.05, 4.69) is 20.1 Å². The van der Waals surface area contributed by atoms with Gasteiger partial charge < -0.3 is 14.4 Å². The SMILES string of the molecule is CCOC(=O)Cc1nc(CN2CCN(C(=O)OC(C)(C)C)CC2)n[nH]1. The van der Waals surface area contributed by atoms with Crippen LogP contribution in [0.5, 0.6) is 0 Å². The van der Waals surface area contributed by atoms with Crippen LogP contribution in [-0.2, 0) is 27.2 Å². The minimum Gasteiger partial charge on any atom is -0.466 e. The van der Waals surface area contributed by atoms with Gasteiger partial charge in [0.1, 0.15) is 17.8 Å². The van der Waals surface area contributed by atoms with E-state index in [0.29, 0.717) is 37.9 Å². The predicted molar refractivity (Wildman–Crippen MR) is 89.8 cm³/mol. The molecule has 0 unspecified atom stereocenters. The maximum Gasteiger partial charge on any atom is 0.410 e. The maximum absolute atomic E-state index is 12.0. The summed E-state index contributed by atoms with van der Waals surface area (Å²) in [5, 5.41) is 6.90. The van der Waals surface area contributed by atoms with Crippen molar-refractivity contribution in [3.63, 3.8) is 0 Å². The number of piperazine rings is 1. The normalized spacial score (nSPS) is 15.9. The van der Waals surface area contributed by atoms with E-state index < -0.39 is 5.60 Å². The molecule has 1 saturated heterocycles. The molecule has 1 fully saturated rings. The maximum atomic E-state index is 12.0. The number of amides is 1. The number of carbonyl (C=O) groups excluding carboxylic acids is 2. The Balaban J connectivity index is 1.77. The number of nitrogens with one attached hydrogen (secondary N) is 1. The fourth-order valence-corrected chi connectivity index (χ4v) is 2.45. The molecule has 0 spiro atoms. The number of H-pyrrole nitrogens is 1. The number of carbonyl (C=O) groups is 2. The molecule has 0 saturated carbocycles. The molecule has 9 heteroatoms. The van der Waals surface area contributed by atoms with Gasteiger partial charge in [0, 0.05) is 26.2 Å². The van der Waals surface area contributed by atoms with Crippen LogP contribution in [0.4, 0.5) is 4.79 Å². The molecular weight excluding hydrogens is 326 g/mol. The summed E-state index contributed by atoms with van der Waals surface area (Å²) in [5.74, 6) is 0.807. The van der Waals surface area contributed by atoms with Crippen molar-refractivity contribution < 1.29 is 19.1 Å². The Morgan fingerprint density at radius 2 is 1.88 bits per heavy atom. The molecule has 140 valence electrons. The lowest BCUT2D eigenvalue weighted by Gasteiger charge is -2.35. The van der Waals surface area contributed by atoms with Crippen molar-refractivity contribution in [2.24, 2.45) is 0 Å². The largest absolute Gasteiger partial charge is 0.466 e. The Morgan fingerprint density at radius 1 is 1.20 bits per heavy atom. The first-order valence-corrected chi connectivity index (χ1v) is 8.53. The summed E-state index contributed by atoms with van der Waals surface area (Å²) in [6.45, 7) is 10.9. The van der Waals surface area contributed by atoms with Crippen molar-refractivity contribution in [2.45, 2.75) is 46.3 Å². The molecule has 1 aliphatic rings. The van der Waals surface area contributed by atoms with Gasteiger partial charge in [0.05, 0.1) is 13.2 Å². The van der Waals surface area contributed by atoms with Gasteiger partial charge in [0.15, 0.2) is 5.82 Å². The third kappa shape index (κ3) is 6.33. The summed E-state index contributed by atoms with van der Waals surface area (Å²) in [6, 6.07) is 0. The van der Waals surface area contributed by atoms with Gasteiger partial charge >= 0.3 is 12.1 Å². The topological polar surface area (TPSA) is 101 Å². The Labute approximate surface area is 147 Å². The summed E-state index contributed by atoms with van der Waals surface area (Å²) in [6.07, 6.45) is -0.186. The number of aromatic nitrogens is 3. The summed E-state index contributed by atoms with van der Waals surface area (Å²) in [4.78, 5) is 31.7. The van der Waals surface area contributed by atoms with Crippen LogP contribution in [0.25, 0.3) is 0 Å². The predicted octanol–water partition coefficient (Wildman–Crippen LogP) is 0.963. The Hall–Kier alpha value is -2.16. The van der Waals surface area contributed by atoms with E-state index in [1.807, 2.05) is 20.8 Å². The first kappa shape index (κ1) is 19.2. The van der Waals surface area contributed by atoms with E-state index in [1.165, 1.54) is 0 Å². The van der Waals surface area contributed by atoms with Gasteiger partial charge in [-0.1, -0.05) is 0 Å². The average molecular weight is 353 g/mol. The smallest absolute Gasteiger partial charge is 0.410 e. The van der Waals surface area contributed by atoms with Gasteiger partial charge in [-0.15, -0.1) is 0 Å². The zero-order valence-corrected chi connectivity index (χ0v) is 15.4. The Bertz CT molecular complexity index is 588. The molecular formula is C16H27N5O4. The number of rotatable bonds is 5. The molecule has 0 aliphatic carbocycles. The number of hydrogen-bond acceptors (Lipinski definition) is 7. The van der Waals surface area contributed by atoms with Crippen molar-refractivity contribution in [3.05, 3.63) is 11.6 Å². The number of esters is 1. The third-order valence-electron chi connectivity index (χ3n) is 3.58. The molecule has 0 bridgehead atoms. The second kappa shape index (κ2) is 8.28. The molecule has 1 amide bonds. The van der Waals surface area contributed by atoms with Crippen LogP contribution in [0.1, 0.15) is 39.3 Å². The molecule has 0 aromatic carbocycles. The van der Waals surface area contributed by atoms with Crippen LogP contribution in [0.2, 0.25) is 0 Å². The van der Waals surface area contributed by atoms with Crippen molar-refractivity contribution in [1.29, 1.82) is 0 Å². The number of nitrogens with zero attached hydrogens (tertiary/aromatic N) is 4. The highest BCUT2D eigenvalue weighted by atomic mass is 16.6. The lowest BCUT2D eigenvalue weighted by atomic mass is 10.2. The van der Waals surface area contributed by atoms with Crippen molar-refractivity contribution in [2.75, 3.05) is 32.8 Å². The summed E-state index contributed by atoms with van der Waals surface area (Å²) >= 11 is 0. The summed E-state index contributed by atoms with van der Waals surface area (Å²) in [7, 11) is 0. The van der Waals surface area contributed by atoms with E-state index >= 15 is 0 Å². The number of ether oxygens (including phenoxy) is 2. The minimum absolute atomic E-state index is 0.0905. The van der Waals surface area contributed by atoms with Crippen LogP contribution >= 0.6 is 0 Å². The molecule has 1 aliphatic heterocycles. The first-order chi connectivity index (χ1) is 11.8. The first-order valence-electron chi connectivity index (χ1n) is 8.53. The van der Waals surface area contributed by atoms with E-state index in [9.17, 15) is 9.59 Å². The van der Waals surface area contributed by atoms with Gasteiger partial charge in [-0.05, 0) is 27.7 Å². The molecule has 0 radical (unpaired) electrons. The van der Waals surface area contributed by atoms with Crippen LogP contribution in [0, 0.1) is 0 Å². The molecule has 1 N–H and O–H groups in total. The van der Waals surface area contributed by atoms with Gasteiger partial charge in [-0.25, -0.2) is 9.78 Å². The average Bonchev–Trinajstić information content (AvgIpc) is 2.93. The molecule has 2 rings (SSSR count).